The van der Waals surface area contributed by atoms with Gasteiger partial charge < -0.3 is 33.3 Å². The summed E-state index contributed by atoms with van der Waals surface area (Å²) in [6, 6.07) is 0. The first-order valence-corrected chi connectivity index (χ1v) is 24.1. The highest BCUT2D eigenvalue weighted by Crippen LogP contribution is 2.26. The highest BCUT2D eigenvalue weighted by molar-refractivity contribution is 5.71. The fraction of sp³-hybridized carbons (Fsp3) is 0.837. The molecular weight excluding hydrogens is 763 g/mol. The largest absolute Gasteiger partial charge is 0.498 e. The maximum Gasteiger partial charge on any atom is 0.306 e. The van der Waals surface area contributed by atoms with Crippen LogP contribution in [-0.2, 0) is 47.6 Å². The molecule has 0 aromatic rings. The van der Waals surface area contributed by atoms with Crippen LogP contribution in [0, 0.1) is 5.92 Å². The third-order valence-corrected chi connectivity index (χ3v) is 10.6. The minimum atomic E-state index is -0.607. The lowest BCUT2D eigenvalue weighted by atomic mass is 9.98. The fourth-order valence-corrected chi connectivity index (χ4v) is 7.07. The Hall–Kier alpha value is -3.08. The molecule has 11 heteroatoms. The molecule has 60 heavy (non-hydrogen) atoms. The van der Waals surface area contributed by atoms with Gasteiger partial charge in [-0.2, -0.15) is 0 Å². The van der Waals surface area contributed by atoms with E-state index in [4.69, 9.17) is 28.4 Å². The van der Waals surface area contributed by atoms with Crippen molar-refractivity contribution >= 4 is 23.9 Å². The quantitative estimate of drug-likeness (QED) is 0.0332. The minimum absolute atomic E-state index is 0.00407. The van der Waals surface area contributed by atoms with Crippen molar-refractivity contribution in [2.24, 2.45) is 5.92 Å². The van der Waals surface area contributed by atoms with Crippen LogP contribution in [-0.4, -0.2) is 88.1 Å². The molecule has 0 spiro atoms. The predicted octanol–water partition coefficient (Wildman–Crippen LogP) is 11.5. The summed E-state index contributed by atoms with van der Waals surface area (Å²) in [4.78, 5) is 52.8. The predicted molar refractivity (Wildman–Crippen MR) is 239 cm³/mol. The smallest absolute Gasteiger partial charge is 0.306 e. The fourth-order valence-electron chi connectivity index (χ4n) is 7.07. The molecule has 1 unspecified atom stereocenters. The Kier molecular flexibility index (Phi) is 34.5. The Morgan fingerprint density at radius 1 is 0.550 bits per heavy atom. The van der Waals surface area contributed by atoms with E-state index in [9.17, 15) is 19.2 Å². The van der Waals surface area contributed by atoms with E-state index in [2.05, 4.69) is 38.7 Å². The van der Waals surface area contributed by atoms with Gasteiger partial charge in [0, 0.05) is 63.5 Å². The summed E-state index contributed by atoms with van der Waals surface area (Å²) < 4.78 is 35.4. The van der Waals surface area contributed by atoms with Crippen LogP contribution in [0.25, 0.3) is 0 Å². The zero-order valence-corrected chi connectivity index (χ0v) is 39.0. The van der Waals surface area contributed by atoms with Crippen molar-refractivity contribution in [3.63, 3.8) is 0 Å². The molecule has 0 aromatic carbocycles. The molecule has 0 amide bonds. The average Bonchev–Trinajstić information content (AvgIpc) is 3.21. The van der Waals surface area contributed by atoms with Crippen LogP contribution in [0.4, 0.5) is 0 Å². The Balaban J connectivity index is 2.89. The highest BCUT2D eigenvalue weighted by atomic mass is 16.6. The molecule has 1 rings (SSSR count). The van der Waals surface area contributed by atoms with Crippen molar-refractivity contribution in [3.8, 4) is 0 Å². The van der Waals surface area contributed by atoms with Gasteiger partial charge in [-0.25, -0.2) is 0 Å². The summed E-state index contributed by atoms with van der Waals surface area (Å²) in [5, 5.41) is 0. The molecule has 0 aromatic heterocycles. The number of allylic oxidation sites excluding steroid dienone is 2. The zero-order valence-electron chi connectivity index (χ0n) is 39.0. The molecule has 348 valence electrons. The lowest BCUT2D eigenvalue weighted by molar-refractivity contribution is -0.160. The third kappa shape index (κ3) is 31.7. The normalized spacial score (nSPS) is 14.8. The monoisotopic (exact) mass is 850 g/mol. The van der Waals surface area contributed by atoms with Gasteiger partial charge in [-0.3, -0.25) is 19.2 Å². The van der Waals surface area contributed by atoms with Gasteiger partial charge in [-0.15, -0.1) is 0 Å². The summed E-state index contributed by atoms with van der Waals surface area (Å²) in [5.74, 6) is 0.455. The number of ether oxygens (including phenoxy) is 6. The molecule has 3 atom stereocenters. The number of hydrogen-bond acceptors (Lipinski definition) is 11. The second-order valence-electron chi connectivity index (χ2n) is 16.9. The van der Waals surface area contributed by atoms with E-state index in [-0.39, 0.29) is 56.2 Å². The van der Waals surface area contributed by atoms with E-state index >= 15 is 0 Å². The van der Waals surface area contributed by atoms with Crippen LogP contribution in [0.1, 0.15) is 201 Å². The lowest BCUT2D eigenvalue weighted by Gasteiger charge is -2.25. The van der Waals surface area contributed by atoms with Gasteiger partial charge in [0.15, 0.2) is 0 Å². The molecule has 0 bridgehead atoms. The van der Waals surface area contributed by atoms with Crippen molar-refractivity contribution in [3.05, 3.63) is 23.7 Å². The van der Waals surface area contributed by atoms with Crippen LogP contribution in [0.15, 0.2) is 23.7 Å². The van der Waals surface area contributed by atoms with Gasteiger partial charge in [-0.1, -0.05) is 130 Å². The number of carbonyl (C=O) groups is 4. The summed E-state index contributed by atoms with van der Waals surface area (Å²) in [5.41, 5.74) is 0. The van der Waals surface area contributed by atoms with Gasteiger partial charge >= 0.3 is 23.9 Å². The minimum Gasteiger partial charge on any atom is -0.498 e. The maximum atomic E-state index is 12.8. The molecule has 0 N–H and O–H groups in total. The van der Waals surface area contributed by atoms with E-state index in [0.717, 1.165) is 141 Å². The number of carbonyl (C=O) groups excluding carboxylic acids is 4. The van der Waals surface area contributed by atoms with Gasteiger partial charge in [0.2, 0.25) is 0 Å². The van der Waals surface area contributed by atoms with Crippen LogP contribution < -0.4 is 0 Å². The molecule has 0 heterocycles. The van der Waals surface area contributed by atoms with Crippen LogP contribution >= 0.6 is 0 Å². The summed E-state index contributed by atoms with van der Waals surface area (Å²) >= 11 is 0. The van der Waals surface area contributed by atoms with Gasteiger partial charge in [0.05, 0.1) is 13.2 Å². The van der Waals surface area contributed by atoms with Crippen molar-refractivity contribution in [1.29, 1.82) is 0 Å². The highest BCUT2D eigenvalue weighted by Gasteiger charge is 2.23. The Labute approximate surface area is 365 Å². The first-order chi connectivity index (χ1) is 29.1. The zero-order chi connectivity index (χ0) is 44.1. The SMILES string of the molecule is CCCCCCCC(=O)OC[C@@H](CCOC1=CC(CN(C)C)CC(OCC[C@H](COC(=O)CCCCCCC)OC(=O)CCCCCCC)=C1)OC(=O)CCCCCCC. The van der Waals surface area contributed by atoms with Crippen LogP contribution in [0.2, 0.25) is 0 Å². The lowest BCUT2D eigenvalue weighted by Crippen LogP contribution is -2.27. The van der Waals surface area contributed by atoms with Crippen molar-refractivity contribution in [1.82, 2.24) is 4.90 Å². The molecule has 1 aliphatic rings. The molecule has 11 nitrogen and oxygen atoms in total. The van der Waals surface area contributed by atoms with Crippen molar-refractivity contribution < 1.29 is 47.6 Å². The second kappa shape index (κ2) is 37.7. The second-order valence-corrected chi connectivity index (χ2v) is 16.9. The number of nitrogens with zero attached hydrogens (tertiary/aromatic N) is 1. The van der Waals surface area contributed by atoms with Crippen LogP contribution in [0.5, 0.6) is 0 Å². The third-order valence-electron chi connectivity index (χ3n) is 10.6. The molecule has 1 aliphatic carbocycles. The number of rotatable bonds is 40. The molecule has 0 saturated heterocycles. The van der Waals surface area contributed by atoms with Gasteiger partial charge in [0.1, 0.15) is 36.9 Å². The van der Waals surface area contributed by atoms with Crippen molar-refractivity contribution in [2.45, 2.75) is 213 Å². The summed E-state index contributed by atoms with van der Waals surface area (Å²) in [6.45, 7) is 9.98. The van der Waals surface area contributed by atoms with E-state index < -0.39 is 12.2 Å². The first-order valence-electron chi connectivity index (χ1n) is 24.1. The van der Waals surface area contributed by atoms with Gasteiger partial charge in [-0.05, 0) is 45.9 Å². The first kappa shape index (κ1) is 54.9. The Morgan fingerprint density at radius 3 is 1.33 bits per heavy atom. The number of hydrogen-bond donors (Lipinski definition) is 0. The van der Waals surface area contributed by atoms with Crippen LogP contribution in [0.3, 0.4) is 0 Å². The van der Waals surface area contributed by atoms with E-state index in [1.54, 1.807) is 0 Å². The summed E-state index contributed by atoms with van der Waals surface area (Å²) in [6.07, 6.45) is 26.3. The molecule has 0 radical (unpaired) electrons. The number of esters is 4. The standard InChI is InChI=1S/C49H87NO10/c1-7-11-15-19-23-27-46(51)57-39-42(59-48(53)29-25-21-17-13-9-3)31-33-55-44-35-41(38-50(5)6)36-45(37-44)56-34-32-43(60-49(54)30-26-22-18-14-10-4)40-58-47(52)28-24-20-16-12-8-2/h35,37,41-43H,7-34,36,38-40H2,1-6H3/t41?,42-,43-/m1/s1. The molecule has 0 fully saturated rings. The van der Waals surface area contributed by atoms with E-state index in [1.807, 2.05) is 20.2 Å². The van der Waals surface area contributed by atoms with Gasteiger partial charge in [0.25, 0.3) is 0 Å². The molecule has 0 aliphatic heterocycles. The van der Waals surface area contributed by atoms with Crippen molar-refractivity contribution in [2.75, 3.05) is 47.1 Å². The average molecular weight is 850 g/mol. The summed E-state index contributed by atoms with van der Waals surface area (Å²) in [7, 11) is 4.05. The molecule has 0 saturated carbocycles. The van der Waals surface area contributed by atoms with E-state index in [0.29, 0.717) is 50.7 Å². The number of unbranched alkanes of at least 4 members (excludes halogenated alkanes) is 16. The Bertz CT molecular complexity index is 1180. The molecular formula is C49H87NO10. The van der Waals surface area contributed by atoms with E-state index in [1.165, 1.54) is 0 Å². The Morgan fingerprint density at radius 2 is 0.933 bits per heavy atom. The maximum absolute atomic E-state index is 12.8. The topological polar surface area (TPSA) is 127 Å².